The maximum atomic E-state index is 11.9. The normalized spacial score (nSPS) is 27.1. The predicted molar refractivity (Wildman–Crippen MR) is 75.5 cm³/mol. The Kier molecular flexibility index (Phi) is 5.39. The molecule has 1 saturated carbocycles. The van der Waals surface area contributed by atoms with Gasteiger partial charge in [0.2, 0.25) is 0 Å². The van der Waals surface area contributed by atoms with Crippen molar-refractivity contribution in [3.63, 3.8) is 0 Å². The number of carbonyl (C=O) groups is 2. The second-order valence-corrected chi connectivity index (χ2v) is 6.15. The van der Waals surface area contributed by atoms with Gasteiger partial charge in [-0.3, -0.25) is 0 Å². The molecule has 1 aliphatic carbocycles. The average Bonchev–Trinajstić information content (AvgIpc) is 2.39. The first-order valence-corrected chi connectivity index (χ1v) is 7.06. The van der Waals surface area contributed by atoms with Crippen LogP contribution >= 0.6 is 0 Å². The van der Waals surface area contributed by atoms with Gasteiger partial charge in [0.25, 0.3) is 0 Å². The Balaban J connectivity index is 2.54. The van der Waals surface area contributed by atoms with Crippen LogP contribution in [0.25, 0.3) is 0 Å². The Bertz CT molecular complexity index is 370. The molecule has 0 heterocycles. The van der Waals surface area contributed by atoms with E-state index in [1.807, 2.05) is 27.7 Å². The summed E-state index contributed by atoms with van der Waals surface area (Å²) in [7, 11) is 1.66. The van der Waals surface area contributed by atoms with Gasteiger partial charge in [-0.1, -0.05) is 34.1 Å². The Labute approximate surface area is 120 Å². The molecule has 20 heavy (non-hydrogen) atoms. The van der Waals surface area contributed by atoms with E-state index < -0.39 is 18.0 Å². The first-order valence-electron chi connectivity index (χ1n) is 7.06. The Morgan fingerprint density at radius 2 is 2.05 bits per heavy atom. The van der Waals surface area contributed by atoms with Gasteiger partial charge in [0, 0.05) is 18.6 Å². The van der Waals surface area contributed by atoms with Crippen molar-refractivity contribution in [1.82, 2.24) is 10.6 Å². The molecule has 6 nitrogen and oxygen atoms in total. The number of ether oxygens (including phenoxy) is 1. The smallest absolute Gasteiger partial charge is 0.326 e. The highest BCUT2D eigenvalue weighted by atomic mass is 16.5. The van der Waals surface area contributed by atoms with Crippen LogP contribution in [-0.2, 0) is 9.53 Å². The van der Waals surface area contributed by atoms with Crippen LogP contribution in [0.1, 0.15) is 40.5 Å². The lowest BCUT2D eigenvalue weighted by atomic mass is 9.64. The van der Waals surface area contributed by atoms with Crippen LogP contribution in [0.15, 0.2) is 0 Å². The van der Waals surface area contributed by atoms with Gasteiger partial charge < -0.3 is 20.5 Å². The van der Waals surface area contributed by atoms with Gasteiger partial charge in [0.15, 0.2) is 0 Å². The highest BCUT2D eigenvalue weighted by Gasteiger charge is 2.49. The summed E-state index contributed by atoms with van der Waals surface area (Å²) in [6.07, 6.45) is 1.56. The minimum absolute atomic E-state index is 0.00109. The van der Waals surface area contributed by atoms with E-state index in [2.05, 4.69) is 10.6 Å². The van der Waals surface area contributed by atoms with E-state index in [0.29, 0.717) is 6.42 Å². The Morgan fingerprint density at radius 3 is 2.45 bits per heavy atom. The van der Waals surface area contributed by atoms with E-state index in [0.717, 1.165) is 6.42 Å². The molecule has 0 aromatic carbocycles. The van der Waals surface area contributed by atoms with Crippen molar-refractivity contribution in [3.05, 3.63) is 0 Å². The fourth-order valence-corrected chi connectivity index (χ4v) is 2.55. The molecular formula is C14H26N2O4. The molecule has 3 unspecified atom stereocenters. The van der Waals surface area contributed by atoms with Gasteiger partial charge >= 0.3 is 12.0 Å². The first kappa shape index (κ1) is 16.8. The van der Waals surface area contributed by atoms with Crippen LogP contribution < -0.4 is 10.6 Å². The molecule has 0 radical (unpaired) electrons. The Hall–Kier alpha value is -1.30. The maximum absolute atomic E-state index is 11.9. The molecule has 0 bridgehead atoms. The van der Waals surface area contributed by atoms with Gasteiger partial charge in [-0.05, 0) is 12.3 Å². The predicted octanol–water partition coefficient (Wildman–Crippen LogP) is 1.60. The fourth-order valence-electron chi connectivity index (χ4n) is 2.55. The molecule has 0 aromatic rings. The highest BCUT2D eigenvalue weighted by molar-refractivity contribution is 5.83. The zero-order chi connectivity index (χ0) is 15.5. The van der Waals surface area contributed by atoms with Crippen molar-refractivity contribution in [1.29, 1.82) is 0 Å². The van der Waals surface area contributed by atoms with Crippen LogP contribution in [0, 0.1) is 11.3 Å². The molecule has 0 aromatic heterocycles. The van der Waals surface area contributed by atoms with Gasteiger partial charge in [-0.2, -0.15) is 0 Å². The van der Waals surface area contributed by atoms with Crippen LogP contribution in [0.4, 0.5) is 4.79 Å². The molecule has 2 amide bonds. The molecule has 0 spiro atoms. The number of aliphatic carboxylic acids is 1. The van der Waals surface area contributed by atoms with Crippen LogP contribution in [0.5, 0.6) is 0 Å². The molecule has 3 N–H and O–H groups in total. The number of hydrogen-bond donors (Lipinski definition) is 3. The quantitative estimate of drug-likeness (QED) is 0.692. The molecule has 4 atom stereocenters. The zero-order valence-electron chi connectivity index (χ0n) is 12.9. The molecule has 1 rings (SSSR count). The van der Waals surface area contributed by atoms with Crippen molar-refractivity contribution >= 4 is 12.0 Å². The molecule has 0 saturated heterocycles. The summed E-state index contributed by atoms with van der Waals surface area (Å²) in [6, 6.07) is -1.29. The van der Waals surface area contributed by atoms with Gasteiger partial charge in [-0.15, -0.1) is 0 Å². The van der Waals surface area contributed by atoms with Crippen molar-refractivity contribution < 1.29 is 19.4 Å². The number of nitrogens with one attached hydrogen (secondary N) is 2. The van der Waals surface area contributed by atoms with E-state index in [1.165, 1.54) is 0 Å². The molecule has 1 fully saturated rings. The van der Waals surface area contributed by atoms with Crippen LogP contribution in [-0.4, -0.2) is 42.4 Å². The number of methoxy groups -OCH3 is 1. The number of carboxylic acids is 1. The van der Waals surface area contributed by atoms with E-state index in [1.54, 1.807) is 7.11 Å². The lowest BCUT2D eigenvalue weighted by Gasteiger charge is -2.51. The molecular weight excluding hydrogens is 260 g/mol. The van der Waals surface area contributed by atoms with Crippen molar-refractivity contribution in [3.8, 4) is 0 Å². The summed E-state index contributed by atoms with van der Waals surface area (Å²) in [4.78, 5) is 23.1. The second-order valence-electron chi connectivity index (χ2n) is 6.15. The SMILES string of the molecule is CCC(C)[C@H](NC(=O)NC1CC(OC)C1(C)C)C(=O)O. The lowest BCUT2D eigenvalue weighted by molar-refractivity contribution is -0.140. The summed E-state index contributed by atoms with van der Waals surface area (Å²) >= 11 is 0. The van der Waals surface area contributed by atoms with E-state index in [9.17, 15) is 9.59 Å². The summed E-state index contributed by atoms with van der Waals surface area (Å²) in [5, 5.41) is 14.5. The van der Waals surface area contributed by atoms with E-state index in [-0.39, 0.29) is 23.5 Å². The van der Waals surface area contributed by atoms with Crippen molar-refractivity contribution in [2.45, 2.75) is 58.7 Å². The molecule has 6 heteroatoms. The summed E-state index contributed by atoms with van der Waals surface area (Å²) in [6.45, 7) is 7.77. The van der Waals surface area contributed by atoms with Crippen LogP contribution in [0.3, 0.4) is 0 Å². The zero-order valence-corrected chi connectivity index (χ0v) is 12.9. The third-order valence-corrected chi connectivity index (χ3v) is 4.53. The van der Waals surface area contributed by atoms with Gasteiger partial charge in [0.1, 0.15) is 6.04 Å². The monoisotopic (exact) mass is 286 g/mol. The summed E-state index contributed by atoms with van der Waals surface area (Å²) in [5.74, 6) is -1.11. The standard InChI is InChI=1S/C14H26N2O4/c1-6-8(2)11(12(17)18)16-13(19)15-9-7-10(20-5)14(9,3)4/h8-11H,6-7H2,1-5H3,(H,17,18)(H2,15,16,19)/t8?,9?,10?,11-/m0/s1. The largest absolute Gasteiger partial charge is 0.480 e. The number of hydrogen-bond acceptors (Lipinski definition) is 3. The number of carboxylic acid groups (broad SMARTS) is 1. The summed E-state index contributed by atoms with van der Waals surface area (Å²) in [5.41, 5.74) is -0.138. The minimum Gasteiger partial charge on any atom is -0.480 e. The van der Waals surface area contributed by atoms with Crippen molar-refractivity contribution in [2.75, 3.05) is 7.11 Å². The number of carbonyl (C=O) groups excluding carboxylic acids is 1. The van der Waals surface area contributed by atoms with Crippen LogP contribution in [0.2, 0.25) is 0 Å². The molecule has 1 aliphatic rings. The third-order valence-electron chi connectivity index (χ3n) is 4.53. The van der Waals surface area contributed by atoms with Crippen molar-refractivity contribution in [2.24, 2.45) is 11.3 Å². The number of amides is 2. The highest BCUT2D eigenvalue weighted by Crippen LogP contribution is 2.42. The summed E-state index contributed by atoms with van der Waals surface area (Å²) < 4.78 is 5.32. The van der Waals surface area contributed by atoms with E-state index >= 15 is 0 Å². The topological polar surface area (TPSA) is 87.7 Å². The maximum Gasteiger partial charge on any atom is 0.326 e. The number of urea groups is 1. The fraction of sp³-hybridized carbons (Fsp3) is 0.857. The molecule has 116 valence electrons. The van der Waals surface area contributed by atoms with Gasteiger partial charge in [-0.25, -0.2) is 9.59 Å². The minimum atomic E-state index is -1.00. The Morgan fingerprint density at radius 1 is 1.45 bits per heavy atom. The first-order chi connectivity index (χ1) is 9.23. The average molecular weight is 286 g/mol. The third kappa shape index (κ3) is 3.42. The second kappa shape index (κ2) is 6.43. The van der Waals surface area contributed by atoms with E-state index in [4.69, 9.17) is 9.84 Å². The molecule has 0 aliphatic heterocycles. The lowest BCUT2D eigenvalue weighted by Crippen LogP contribution is -2.64. The number of rotatable bonds is 6. The van der Waals surface area contributed by atoms with Gasteiger partial charge in [0.05, 0.1) is 6.10 Å².